The third-order valence-electron chi connectivity index (χ3n) is 5.96. The number of nitrogens with zero attached hydrogens (tertiary/aromatic N) is 1. The van der Waals surface area contributed by atoms with Crippen molar-refractivity contribution in [2.45, 2.75) is 31.1 Å². The largest absolute Gasteiger partial charge is 0.339 e. The number of anilines is 1. The number of rotatable bonds is 6. The van der Waals surface area contributed by atoms with Crippen molar-refractivity contribution in [2.75, 3.05) is 17.8 Å². The summed E-state index contributed by atoms with van der Waals surface area (Å²) in [7, 11) is -3.71. The fraction of sp³-hybridized carbons (Fsp3) is 0.269. The highest BCUT2D eigenvalue weighted by Crippen LogP contribution is 2.24. The maximum absolute atomic E-state index is 13.0. The second-order valence-corrected chi connectivity index (χ2v) is 10.1. The molecule has 3 aromatic carbocycles. The zero-order valence-electron chi connectivity index (χ0n) is 18.2. The number of carbonyl (C=O) groups excluding carboxylic acids is 1. The molecule has 1 saturated heterocycles. The van der Waals surface area contributed by atoms with E-state index in [0.29, 0.717) is 17.2 Å². The number of carbonyl (C=O) groups is 1. The van der Waals surface area contributed by atoms with Crippen molar-refractivity contribution < 1.29 is 13.2 Å². The second kappa shape index (κ2) is 9.57. The summed E-state index contributed by atoms with van der Waals surface area (Å²) in [6, 6.07) is 23.9. The number of aryl methyl sites for hydroxylation is 1. The fourth-order valence-corrected chi connectivity index (χ4v) is 5.17. The molecule has 1 N–H and O–H groups in total. The summed E-state index contributed by atoms with van der Waals surface area (Å²) >= 11 is 0. The topological polar surface area (TPSA) is 66.5 Å². The van der Waals surface area contributed by atoms with Crippen LogP contribution in [0, 0.1) is 12.8 Å². The van der Waals surface area contributed by atoms with Gasteiger partial charge in [0.1, 0.15) is 0 Å². The summed E-state index contributed by atoms with van der Waals surface area (Å²) in [5.41, 5.74) is 3.21. The number of amides is 1. The van der Waals surface area contributed by atoms with Crippen LogP contribution >= 0.6 is 0 Å². The average molecular weight is 449 g/mol. The van der Waals surface area contributed by atoms with Crippen LogP contribution in [0.15, 0.2) is 83.8 Å². The lowest BCUT2D eigenvalue weighted by Gasteiger charge is -2.32. The van der Waals surface area contributed by atoms with Crippen molar-refractivity contribution >= 4 is 21.6 Å². The molecule has 1 amide bonds. The van der Waals surface area contributed by atoms with Crippen LogP contribution in [0.1, 0.15) is 34.3 Å². The third-order valence-corrected chi connectivity index (χ3v) is 7.36. The molecule has 0 radical (unpaired) electrons. The quantitative estimate of drug-likeness (QED) is 0.584. The lowest BCUT2D eigenvalue weighted by molar-refractivity contribution is 0.0690. The number of hydrogen-bond acceptors (Lipinski definition) is 3. The first-order valence-corrected chi connectivity index (χ1v) is 12.4. The molecule has 1 aliphatic rings. The minimum Gasteiger partial charge on any atom is -0.339 e. The van der Waals surface area contributed by atoms with E-state index in [1.165, 1.54) is 5.56 Å². The van der Waals surface area contributed by atoms with Gasteiger partial charge < -0.3 is 4.90 Å². The Kier molecular flexibility index (Phi) is 6.61. The lowest BCUT2D eigenvalue weighted by atomic mass is 9.90. The van der Waals surface area contributed by atoms with Crippen LogP contribution in [0.3, 0.4) is 0 Å². The van der Waals surface area contributed by atoms with Gasteiger partial charge in [0.2, 0.25) is 0 Å². The number of likely N-dealkylation sites (tertiary alicyclic amines) is 1. The second-order valence-electron chi connectivity index (χ2n) is 8.42. The molecule has 0 atom stereocenters. The van der Waals surface area contributed by atoms with Gasteiger partial charge in [0.05, 0.1) is 4.90 Å². The Morgan fingerprint density at radius 2 is 1.62 bits per heavy atom. The van der Waals surface area contributed by atoms with Gasteiger partial charge in [-0.1, -0.05) is 54.1 Å². The molecule has 5 nitrogen and oxygen atoms in total. The highest BCUT2D eigenvalue weighted by Gasteiger charge is 2.24. The molecule has 0 spiro atoms. The fourth-order valence-electron chi connectivity index (χ4n) is 4.12. The molecule has 1 fully saturated rings. The van der Waals surface area contributed by atoms with Gasteiger partial charge in [-0.05, 0) is 68.0 Å². The Bertz CT molecular complexity index is 1170. The van der Waals surface area contributed by atoms with E-state index < -0.39 is 10.0 Å². The Hall–Kier alpha value is -3.12. The van der Waals surface area contributed by atoms with E-state index in [-0.39, 0.29) is 10.8 Å². The minimum atomic E-state index is -3.71. The van der Waals surface area contributed by atoms with Crippen molar-refractivity contribution in [3.8, 4) is 0 Å². The molecule has 4 rings (SSSR count). The first-order chi connectivity index (χ1) is 15.4. The maximum Gasteiger partial charge on any atom is 0.261 e. The first kappa shape index (κ1) is 22.1. The number of sulfonamides is 1. The summed E-state index contributed by atoms with van der Waals surface area (Å²) < 4.78 is 27.9. The van der Waals surface area contributed by atoms with Crippen molar-refractivity contribution in [1.82, 2.24) is 4.90 Å². The van der Waals surface area contributed by atoms with Crippen molar-refractivity contribution in [1.29, 1.82) is 0 Å². The van der Waals surface area contributed by atoms with Crippen LogP contribution < -0.4 is 4.72 Å². The predicted molar refractivity (Wildman–Crippen MR) is 127 cm³/mol. The van der Waals surface area contributed by atoms with Gasteiger partial charge in [-0.25, -0.2) is 8.42 Å². The van der Waals surface area contributed by atoms with E-state index in [2.05, 4.69) is 29.0 Å². The van der Waals surface area contributed by atoms with E-state index >= 15 is 0 Å². The zero-order chi connectivity index (χ0) is 22.6. The van der Waals surface area contributed by atoms with Crippen LogP contribution in [-0.4, -0.2) is 32.3 Å². The molecule has 0 bridgehead atoms. The van der Waals surface area contributed by atoms with Crippen LogP contribution in [0.2, 0.25) is 0 Å². The number of piperidine rings is 1. The van der Waals surface area contributed by atoms with Gasteiger partial charge in [0.25, 0.3) is 15.9 Å². The van der Waals surface area contributed by atoms with Crippen LogP contribution in [-0.2, 0) is 16.4 Å². The van der Waals surface area contributed by atoms with Crippen LogP contribution in [0.4, 0.5) is 5.69 Å². The van der Waals surface area contributed by atoms with Crippen molar-refractivity contribution in [3.63, 3.8) is 0 Å². The van der Waals surface area contributed by atoms with Gasteiger partial charge in [-0.2, -0.15) is 0 Å². The third kappa shape index (κ3) is 5.37. The zero-order valence-corrected chi connectivity index (χ0v) is 19.0. The first-order valence-electron chi connectivity index (χ1n) is 10.9. The Balaban J connectivity index is 1.39. The molecule has 0 aromatic heterocycles. The van der Waals surface area contributed by atoms with Crippen molar-refractivity contribution in [3.05, 3.63) is 95.6 Å². The van der Waals surface area contributed by atoms with Gasteiger partial charge in [-0.15, -0.1) is 0 Å². The monoisotopic (exact) mass is 448 g/mol. The SMILES string of the molecule is Cc1ccc(S(=O)(=O)Nc2cccc(C(=O)N3CCC(Cc4ccccc4)CC3)c2)cc1. The maximum atomic E-state index is 13.0. The summed E-state index contributed by atoms with van der Waals surface area (Å²) in [5, 5.41) is 0. The van der Waals surface area contributed by atoms with Crippen LogP contribution in [0.5, 0.6) is 0 Å². The highest BCUT2D eigenvalue weighted by atomic mass is 32.2. The molecule has 166 valence electrons. The summed E-state index contributed by atoms with van der Waals surface area (Å²) in [5.74, 6) is 0.522. The molecule has 1 heterocycles. The van der Waals surface area contributed by atoms with Gasteiger partial charge in [0.15, 0.2) is 0 Å². The van der Waals surface area contributed by atoms with E-state index in [4.69, 9.17) is 0 Å². The van der Waals surface area contributed by atoms with Gasteiger partial charge in [-0.3, -0.25) is 9.52 Å². The summed E-state index contributed by atoms with van der Waals surface area (Å²) in [6.07, 6.45) is 2.99. The van der Waals surface area contributed by atoms with E-state index in [1.807, 2.05) is 17.9 Å². The smallest absolute Gasteiger partial charge is 0.261 e. The molecule has 6 heteroatoms. The summed E-state index contributed by atoms with van der Waals surface area (Å²) in [4.78, 5) is 15.1. The number of nitrogens with one attached hydrogen (secondary N) is 1. The Morgan fingerprint density at radius 3 is 2.31 bits per heavy atom. The molecule has 0 aliphatic carbocycles. The molecule has 1 aliphatic heterocycles. The Morgan fingerprint density at radius 1 is 0.938 bits per heavy atom. The normalized spacial score (nSPS) is 14.8. The molecule has 32 heavy (non-hydrogen) atoms. The minimum absolute atomic E-state index is 0.0560. The molecule has 0 unspecified atom stereocenters. The Labute approximate surface area is 190 Å². The van der Waals surface area contributed by atoms with E-state index in [0.717, 1.165) is 37.9 Å². The molecular formula is C26H28N2O3S. The summed E-state index contributed by atoms with van der Waals surface area (Å²) in [6.45, 7) is 3.34. The predicted octanol–water partition coefficient (Wildman–Crippen LogP) is 4.89. The highest BCUT2D eigenvalue weighted by molar-refractivity contribution is 7.92. The van der Waals surface area contributed by atoms with Gasteiger partial charge in [0, 0.05) is 24.3 Å². The van der Waals surface area contributed by atoms with Crippen molar-refractivity contribution in [2.24, 2.45) is 5.92 Å². The number of benzene rings is 3. The van der Waals surface area contributed by atoms with E-state index in [1.54, 1.807) is 48.5 Å². The molecule has 0 saturated carbocycles. The van der Waals surface area contributed by atoms with Crippen LogP contribution in [0.25, 0.3) is 0 Å². The average Bonchev–Trinajstić information content (AvgIpc) is 2.80. The standard InChI is InChI=1S/C26H28N2O3S/c1-20-10-12-25(13-11-20)32(30,31)27-24-9-5-8-23(19-24)26(29)28-16-14-22(15-17-28)18-21-6-3-2-4-7-21/h2-13,19,22,27H,14-18H2,1H3. The molecule has 3 aromatic rings. The lowest BCUT2D eigenvalue weighted by Crippen LogP contribution is -2.38. The van der Waals surface area contributed by atoms with Gasteiger partial charge >= 0.3 is 0 Å². The molecular weight excluding hydrogens is 420 g/mol. The van der Waals surface area contributed by atoms with E-state index in [9.17, 15) is 13.2 Å². The number of hydrogen-bond donors (Lipinski definition) is 1.